The van der Waals surface area contributed by atoms with Gasteiger partial charge in [0, 0.05) is 11.6 Å². The predicted octanol–water partition coefficient (Wildman–Crippen LogP) is 6.59. The Kier molecular flexibility index (Phi) is 7.54. The van der Waals surface area contributed by atoms with Crippen LogP contribution in [0.2, 0.25) is 5.02 Å². The fourth-order valence-corrected chi connectivity index (χ4v) is 5.09. The predicted molar refractivity (Wildman–Crippen MR) is 117 cm³/mol. The molecule has 0 radical (unpaired) electrons. The molecule has 0 amide bonds. The van der Waals surface area contributed by atoms with E-state index < -0.39 is 5.41 Å². The highest BCUT2D eigenvalue weighted by Gasteiger charge is 2.42. The number of hydrogen-bond donors (Lipinski definition) is 0. The summed E-state index contributed by atoms with van der Waals surface area (Å²) < 4.78 is 0. The van der Waals surface area contributed by atoms with Crippen LogP contribution in [0.1, 0.15) is 56.1 Å². The normalized spacial score (nSPS) is 17.2. The van der Waals surface area contributed by atoms with E-state index in [0.29, 0.717) is 5.92 Å². The Morgan fingerprint density at radius 2 is 1.71 bits per heavy atom. The Morgan fingerprint density at radius 3 is 2.39 bits per heavy atom. The fourth-order valence-electron chi connectivity index (χ4n) is 4.79. The maximum Gasteiger partial charge on any atom is 0.0865 e. The first kappa shape index (κ1) is 20.9. The first-order chi connectivity index (χ1) is 13.7. The van der Waals surface area contributed by atoms with E-state index in [1.807, 2.05) is 18.2 Å². The summed E-state index contributed by atoms with van der Waals surface area (Å²) in [6, 6.07) is 21.3. The molecule has 0 saturated heterocycles. The zero-order valence-corrected chi connectivity index (χ0v) is 17.7. The summed E-state index contributed by atoms with van der Waals surface area (Å²) >= 11 is 6.59. The maximum atomic E-state index is 10.4. The van der Waals surface area contributed by atoms with Crippen LogP contribution in [-0.2, 0) is 12.0 Å². The molecule has 0 N–H and O–H groups in total. The molecule has 3 heteroatoms. The topological polar surface area (TPSA) is 27.0 Å². The van der Waals surface area contributed by atoms with Crippen molar-refractivity contribution in [1.82, 2.24) is 4.90 Å². The Morgan fingerprint density at radius 1 is 1.04 bits per heavy atom. The van der Waals surface area contributed by atoms with Gasteiger partial charge >= 0.3 is 0 Å². The van der Waals surface area contributed by atoms with Gasteiger partial charge in [-0.15, -0.1) is 0 Å². The second-order valence-corrected chi connectivity index (χ2v) is 8.63. The van der Waals surface area contributed by atoms with E-state index in [0.717, 1.165) is 49.4 Å². The summed E-state index contributed by atoms with van der Waals surface area (Å²) in [5.41, 5.74) is 1.90. The van der Waals surface area contributed by atoms with Crippen molar-refractivity contribution in [2.75, 3.05) is 13.6 Å². The molecule has 0 aromatic heterocycles. The largest absolute Gasteiger partial charge is 0.302 e. The second-order valence-electron chi connectivity index (χ2n) is 8.22. The average molecular weight is 395 g/mol. The summed E-state index contributed by atoms with van der Waals surface area (Å²) in [4.78, 5) is 2.35. The molecular formula is C25H31ClN2. The van der Waals surface area contributed by atoms with Gasteiger partial charge in [-0.2, -0.15) is 5.26 Å². The van der Waals surface area contributed by atoms with E-state index in [1.165, 1.54) is 24.8 Å². The molecule has 1 unspecified atom stereocenters. The van der Waals surface area contributed by atoms with E-state index in [1.54, 1.807) is 0 Å². The van der Waals surface area contributed by atoms with Crippen LogP contribution in [-0.4, -0.2) is 18.5 Å². The molecule has 0 aliphatic heterocycles. The van der Waals surface area contributed by atoms with Gasteiger partial charge in [-0.05, 0) is 62.4 Å². The lowest BCUT2D eigenvalue weighted by atomic mass is 9.63. The van der Waals surface area contributed by atoms with Crippen molar-refractivity contribution in [3.05, 3.63) is 70.7 Å². The van der Waals surface area contributed by atoms with E-state index in [2.05, 4.69) is 54.4 Å². The number of rotatable bonds is 8. The highest BCUT2D eigenvalue weighted by molar-refractivity contribution is 6.31. The van der Waals surface area contributed by atoms with Crippen LogP contribution < -0.4 is 0 Å². The van der Waals surface area contributed by atoms with Crippen molar-refractivity contribution >= 4 is 11.6 Å². The maximum absolute atomic E-state index is 10.4. The quantitative estimate of drug-likeness (QED) is 0.504. The number of benzene rings is 2. The van der Waals surface area contributed by atoms with Gasteiger partial charge in [0.25, 0.3) is 0 Å². The van der Waals surface area contributed by atoms with Crippen LogP contribution in [0.5, 0.6) is 0 Å². The molecule has 1 aliphatic rings. The summed E-state index contributed by atoms with van der Waals surface area (Å²) in [6.45, 7) is 1.92. The van der Waals surface area contributed by atoms with Crippen LogP contribution in [0.15, 0.2) is 54.6 Å². The van der Waals surface area contributed by atoms with E-state index in [9.17, 15) is 5.26 Å². The van der Waals surface area contributed by atoms with E-state index >= 15 is 0 Å². The lowest BCUT2D eigenvalue weighted by molar-refractivity contribution is 0.223. The lowest BCUT2D eigenvalue weighted by Crippen LogP contribution is -2.36. The molecule has 2 aromatic carbocycles. The minimum absolute atomic E-state index is 0.408. The summed E-state index contributed by atoms with van der Waals surface area (Å²) in [7, 11) is 2.16. The zero-order valence-electron chi connectivity index (χ0n) is 16.9. The Balaban J connectivity index is 1.72. The first-order valence-electron chi connectivity index (χ1n) is 10.5. The van der Waals surface area contributed by atoms with Crippen LogP contribution in [0.3, 0.4) is 0 Å². The third kappa shape index (κ3) is 4.96. The highest BCUT2D eigenvalue weighted by atomic mass is 35.5. The third-order valence-electron chi connectivity index (χ3n) is 6.26. The number of halogens is 1. The van der Waals surface area contributed by atoms with Crippen LogP contribution in [0.4, 0.5) is 0 Å². The molecule has 148 valence electrons. The van der Waals surface area contributed by atoms with Crippen molar-refractivity contribution in [2.24, 2.45) is 5.92 Å². The van der Waals surface area contributed by atoms with Crippen molar-refractivity contribution in [3.63, 3.8) is 0 Å². The SMILES string of the molecule is CN(CCCC(C#N)(c1ccccc1Cl)C1CCCCC1)Cc1ccccc1. The lowest BCUT2D eigenvalue weighted by Gasteiger charge is -2.39. The summed E-state index contributed by atoms with van der Waals surface area (Å²) in [5.74, 6) is 0.408. The van der Waals surface area contributed by atoms with Crippen molar-refractivity contribution < 1.29 is 0 Å². The van der Waals surface area contributed by atoms with Gasteiger partial charge in [0.1, 0.15) is 0 Å². The Bertz CT molecular complexity index is 777. The fraction of sp³-hybridized carbons (Fsp3) is 0.480. The molecule has 0 heterocycles. The Labute approximate surface area is 175 Å². The molecular weight excluding hydrogens is 364 g/mol. The number of hydrogen-bond acceptors (Lipinski definition) is 2. The van der Waals surface area contributed by atoms with Gasteiger partial charge in [-0.1, -0.05) is 79.4 Å². The van der Waals surface area contributed by atoms with Crippen molar-refractivity contribution in [1.29, 1.82) is 5.26 Å². The van der Waals surface area contributed by atoms with Gasteiger partial charge in [0.05, 0.1) is 11.5 Å². The smallest absolute Gasteiger partial charge is 0.0865 e. The molecule has 1 fully saturated rings. The molecule has 0 spiro atoms. The van der Waals surface area contributed by atoms with Gasteiger partial charge in [-0.3, -0.25) is 0 Å². The molecule has 2 nitrogen and oxygen atoms in total. The van der Waals surface area contributed by atoms with Crippen LogP contribution >= 0.6 is 11.6 Å². The van der Waals surface area contributed by atoms with Gasteiger partial charge in [0.2, 0.25) is 0 Å². The minimum Gasteiger partial charge on any atom is -0.302 e. The number of nitrogens with zero attached hydrogens (tertiary/aromatic N) is 2. The van der Waals surface area contributed by atoms with Crippen molar-refractivity contribution in [2.45, 2.75) is 56.9 Å². The van der Waals surface area contributed by atoms with Crippen LogP contribution in [0, 0.1) is 17.2 Å². The van der Waals surface area contributed by atoms with E-state index in [-0.39, 0.29) is 0 Å². The van der Waals surface area contributed by atoms with Gasteiger partial charge in [0.15, 0.2) is 0 Å². The second kappa shape index (κ2) is 10.1. The number of nitriles is 1. The molecule has 1 atom stereocenters. The van der Waals surface area contributed by atoms with Crippen molar-refractivity contribution in [3.8, 4) is 6.07 Å². The Hall–Kier alpha value is -1.82. The molecule has 3 rings (SSSR count). The summed E-state index contributed by atoms with van der Waals surface area (Å²) in [6.07, 6.45) is 7.90. The standard InChI is InChI=1S/C25H31ClN2/c1-28(19-21-11-4-2-5-12-21)18-10-17-25(20-27,22-13-6-3-7-14-22)23-15-8-9-16-24(23)26/h2,4-5,8-9,11-12,15-16,22H,3,6-7,10,13-14,17-19H2,1H3. The molecule has 1 aliphatic carbocycles. The van der Waals surface area contributed by atoms with Gasteiger partial charge < -0.3 is 4.90 Å². The average Bonchev–Trinajstić information content (AvgIpc) is 2.73. The summed E-state index contributed by atoms with van der Waals surface area (Å²) in [5, 5.41) is 11.1. The highest BCUT2D eigenvalue weighted by Crippen LogP contribution is 2.46. The molecule has 0 bridgehead atoms. The van der Waals surface area contributed by atoms with E-state index in [4.69, 9.17) is 11.6 Å². The molecule has 1 saturated carbocycles. The zero-order chi connectivity index (χ0) is 19.8. The van der Waals surface area contributed by atoms with Crippen LogP contribution in [0.25, 0.3) is 0 Å². The first-order valence-corrected chi connectivity index (χ1v) is 10.9. The third-order valence-corrected chi connectivity index (χ3v) is 6.59. The monoisotopic (exact) mass is 394 g/mol. The molecule has 2 aromatic rings. The van der Waals surface area contributed by atoms with Gasteiger partial charge in [-0.25, -0.2) is 0 Å². The molecule has 28 heavy (non-hydrogen) atoms. The minimum atomic E-state index is -0.466.